The molecule has 0 spiro atoms. The molecule has 1 N–H and O–H groups in total. The Kier molecular flexibility index (Phi) is 4.20. The first-order valence-corrected chi connectivity index (χ1v) is 8.82. The average molecular weight is 356 g/mol. The zero-order chi connectivity index (χ0) is 19.0. The molecule has 0 atom stereocenters. The van der Waals surface area contributed by atoms with Crippen LogP contribution in [0.3, 0.4) is 0 Å². The lowest BCUT2D eigenvalue weighted by Crippen LogP contribution is -2.13. The van der Waals surface area contributed by atoms with Crippen molar-refractivity contribution in [3.05, 3.63) is 82.9 Å². The van der Waals surface area contributed by atoms with Gasteiger partial charge in [-0.25, -0.2) is 0 Å². The van der Waals surface area contributed by atoms with Gasteiger partial charge in [0, 0.05) is 11.3 Å². The number of benzene rings is 3. The Bertz CT molecular complexity index is 1130. The van der Waals surface area contributed by atoms with Crippen LogP contribution in [0.15, 0.2) is 60.7 Å². The molecule has 0 saturated carbocycles. The van der Waals surface area contributed by atoms with Gasteiger partial charge in [0.05, 0.1) is 5.69 Å². The summed E-state index contributed by atoms with van der Waals surface area (Å²) in [6.45, 7) is 5.93. The predicted octanol–water partition coefficient (Wildman–Crippen LogP) is 4.60. The number of nitrogens with zero attached hydrogens (tertiary/aromatic N) is 3. The average Bonchev–Trinajstić information content (AvgIpc) is 3.04. The van der Waals surface area contributed by atoms with Gasteiger partial charge in [-0.1, -0.05) is 35.4 Å². The summed E-state index contributed by atoms with van der Waals surface area (Å²) in [6.07, 6.45) is 0. The number of aromatic nitrogens is 3. The molecule has 1 heterocycles. The van der Waals surface area contributed by atoms with E-state index in [9.17, 15) is 4.79 Å². The molecule has 0 aliphatic heterocycles. The summed E-state index contributed by atoms with van der Waals surface area (Å²) >= 11 is 0. The maximum atomic E-state index is 12.7. The van der Waals surface area contributed by atoms with Crippen LogP contribution >= 0.6 is 0 Å². The second kappa shape index (κ2) is 6.68. The minimum absolute atomic E-state index is 0.125. The largest absolute Gasteiger partial charge is 0.322 e. The number of hydrogen-bond donors (Lipinski definition) is 1. The molecule has 134 valence electrons. The Balaban J connectivity index is 1.67. The van der Waals surface area contributed by atoms with Crippen molar-refractivity contribution in [3.8, 4) is 5.69 Å². The van der Waals surface area contributed by atoms with E-state index in [0.717, 1.165) is 39.1 Å². The topological polar surface area (TPSA) is 59.8 Å². The van der Waals surface area contributed by atoms with Crippen LogP contribution in [0.2, 0.25) is 0 Å². The molecule has 0 saturated heterocycles. The van der Waals surface area contributed by atoms with Gasteiger partial charge >= 0.3 is 0 Å². The standard InChI is InChI=1S/C22H20N4O/c1-14-9-15(2)11-17(10-14)22(27)23-19-13-21-20(12-16(19)3)24-26(25-21)18-7-5-4-6-8-18/h4-13H,1-3H3,(H,23,27). The maximum Gasteiger partial charge on any atom is 0.255 e. The summed E-state index contributed by atoms with van der Waals surface area (Å²) in [5, 5.41) is 12.1. The molecule has 27 heavy (non-hydrogen) atoms. The first kappa shape index (κ1) is 17.0. The molecule has 0 radical (unpaired) electrons. The molecule has 4 rings (SSSR count). The summed E-state index contributed by atoms with van der Waals surface area (Å²) in [4.78, 5) is 14.3. The Labute approximate surface area is 157 Å². The monoisotopic (exact) mass is 356 g/mol. The van der Waals surface area contributed by atoms with Crippen molar-refractivity contribution in [2.75, 3.05) is 5.32 Å². The van der Waals surface area contributed by atoms with Crippen molar-refractivity contribution in [2.45, 2.75) is 20.8 Å². The zero-order valence-electron chi connectivity index (χ0n) is 15.5. The molecule has 0 aliphatic rings. The van der Waals surface area contributed by atoms with E-state index in [4.69, 9.17) is 0 Å². The third-order valence-electron chi connectivity index (χ3n) is 4.45. The highest BCUT2D eigenvalue weighted by molar-refractivity contribution is 6.05. The lowest BCUT2D eigenvalue weighted by atomic mass is 10.1. The fraction of sp³-hybridized carbons (Fsp3) is 0.136. The van der Waals surface area contributed by atoms with Crippen LogP contribution in [0.25, 0.3) is 16.7 Å². The smallest absolute Gasteiger partial charge is 0.255 e. The fourth-order valence-corrected chi connectivity index (χ4v) is 3.18. The second-order valence-corrected chi connectivity index (χ2v) is 6.81. The SMILES string of the molecule is Cc1cc(C)cc(C(=O)Nc2cc3nn(-c4ccccc4)nc3cc2C)c1. The molecule has 5 nitrogen and oxygen atoms in total. The van der Waals surface area contributed by atoms with Crippen LogP contribution in [-0.4, -0.2) is 20.9 Å². The van der Waals surface area contributed by atoms with Crippen molar-refractivity contribution in [3.63, 3.8) is 0 Å². The van der Waals surface area contributed by atoms with Gasteiger partial charge in [0.15, 0.2) is 0 Å². The number of aryl methyl sites for hydroxylation is 3. The highest BCUT2D eigenvalue weighted by Crippen LogP contribution is 2.23. The first-order valence-electron chi connectivity index (χ1n) is 8.82. The van der Waals surface area contributed by atoms with E-state index >= 15 is 0 Å². The van der Waals surface area contributed by atoms with E-state index < -0.39 is 0 Å². The van der Waals surface area contributed by atoms with Crippen molar-refractivity contribution in [1.29, 1.82) is 0 Å². The van der Waals surface area contributed by atoms with E-state index in [2.05, 4.69) is 21.6 Å². The molecule has 0 aliphatic carbocycles. The first-order chi connectivity index (χ1) is 13.0. The summed E-state index contributed by atoms with van der Waals surface area (Å²) in [5.74, 6) is -0.125. The Morgan fingerprint density at radius 1 is 0.852 bits per heavy atom. The van der Waals surface area contributed by atoms with Crippen LogP contribution in [0.5, 0.6) is 0 Å². The molecule has 0 bridgehead atoms. The quantitative estimate of drug-likeness (QED) is 0.584. The third kappa shape index (κ3) is 3.44. The van der Waals surface area contributed by atoms with Crippen LogP contribution in [0.1, 0.15) is 27.0 Å². The molecule has 3 aromatic carbocycles. The van der Waals surface area contributed by atoms with Crippen molar-refractivity contribution >= 4 is 22.6 Å². The normalized spacial score (nSPS) is 10.9. The molecular weight excluding hydrogens is 336 g/mol. The highest BCUT2D eigenvalue weighted by Gasteiger charge is 2.12. The maximum absolute atomic E-state index is 12.7. The van der Waals surface area contributed by atoms with Gasteiger partial charge in [0.1, 0.15) is 11.0 Å². The lowest BCUT2D eigenvalue weighted by molar-refractivity contribution is 0.102. The number of amides is 1. The van der Waals surface area contributed by atoms with Gasteiger partial charge in [-0.05, 0) is 62.7 Å². The fourth-order valence-electron chi connectivity index (χ4n) is 3.18. The van der Waals surface area contributed by atoms with Gasteiger partial charge in [-0.3, -0.25) is 4.79 Å². The molecule has 0 fully saturated rings. The minimum atomic E-state index is -0.125. The molecule has 5 heteroatoms. The molecule has 1 aromatic heterocycles. The molecule has 0 unspecified atom stereocenters. The number of para-hydroxylation sites is 1. The van der Waals surface area contributed by atoms with E-state index in [1.54, 1.807) is 4.80 Å². The van der Waals surface area contributed by atoms with E-state index in [-0.39, 0.29) is 5.91 Å². The zero-order valence-corrected chi connectivity index (χ0v) is 15.5. The Morgan fingerprint density at radius 3 is 2.15 bits per heavy atom. The summed E-state index contributed by atoms with van der Waals surface area (Å²) in [6, 6.07) is 19.4. The van der Waals surface area contributed by atoms with Gasteiger partial charge in [-0.2, -0.15) is 4.80 Å². The second-order valence-electron chi connectivity index (χ2n) is 6.81. The highest BCUT2D eigenvalue weighted by atomic mass is 16.1. The molecule has 1 amide bonds. The van der Waals surface area contributed by atoms with Crippen molar-refractivity contribution in [2.24, 2.45) is 0 Å². The minimum Gasteiger partial charge on any atom is -0.322 e. The van der Waals surface area contributed by atoms with Crippen LogP contribution in [-0.2, 0) is 0 Å². The number of rotatable bonds is 3. The Morgan fingerprint density at radius 2 is 1.48 bits per heavy atom. The van der Waals surface area contributed by atoms with E-state index in [1.807, 2.05) is 75.4 Å². The summed E-state index contributed by atoms with van der Waals surface area (Å²) in [7, 11) is 0. The molecular formula is C22H20N4O. The number of anilines is 1. The van der Waals surface area contributed by atoms with Crippen molar-refractivity contribution in [1.82, 2.24) is 15.0 Å². The predicted molar refractivity (Wildman–Crippen MR) is 107 cm³/mol. The van der Waals surface area contributed by atoms with Crippen LogP contribution in [0, 0.1) is 20.8 Å². The van der Waals surface area contributed by atoms with Crippen molar-refractivity contribution < 1.29 is 4.79 Å². The lowest BCUT2D eigenvalue weighted by Gasteiger charge is -2.09. The van der Waals surface area contributed by atoms with Gasteiger partial charge in [0.25, 0.3) is 5.91 Å². The third-order valence-corrected chi connectivity index (χ3v) is 4.45. The summed E-state index contributed by atoms with van der Waals surface area (Å²) < 4.78 is 0. The number of hydrogen-bond acceptors (Lipinski definition) is 3. The molecule has 4 aromatic rings. The number of fused-ring (bicyclic) bond motifs is 1. The summed E-state index contributed by atoms with van der Waals surface area (Å²) in [5.41, 5.74) is 6.90. The van der Waals surface area contributed by atoms with Crippen LogP contribution in [0.4, 0.5) is 5.69 Å². The van der Waals surface area contributed by atoms with Crippen LogP contribution < -0.4 is 5.32 Å². The number of nitrogens with one attached hydrogen (secondary N) is 1. The van der Waals surface area contributed by atoms with E-state index in [0.29, 0.717) is 5.56 Å². The van der Waals surface area contributed by atoms with Gasteiger partial charge in [0.2, 0.25) is 0 Å². The number of carbonyl (C=O) groups is 1. The Hall–Kier alpha value is -3.47. The number of carbonyl (C=O) groups excluding carboxylic acids is 1. The van der Waals surface area contributed by atoms with E-state index in [1.165, 1.54) is 0 Å². The van der Waals surface area contributed by atoms with Gasteiger partial charge in [-0.15, -0.1) is 10.2 Å². The van der Waals surface area contributed by atoms with Gasteiger partial charge < -0.3 is 5.32 Å².